The molecular weight excluding hydrogens is 130 g/mol. The molecule has 1 unspecified atom stereocenters. The molecule has 1 aliphatic heterocycles. The number of aliphatic imine (C=N–C) groups is 1. The summed E-state index contributed by atoms with van der Waals surface area (Å²) in [6.07, 6.45) is 4.17. The van der Waals surface area contributed by atoms with Crippen molar-refractivity contribution in [2.75, 3.05) is 0 Å². The maximum Gasteiger partial charge on any atom is 0.256 e. The van der Waals surface area contributed by atoms with Gasteiger partial charge in [0.1, 0.15) is 5.92 Å². The van der Waals surface area contributed by atoms with Gasteiger partial charge in [0, 0.05) is 6.21 Å². The minimum absolute atomic E-state index is 0.178. The van der Waals surface area contributed by atoms with Crippen molar-refractivity contribution in [1.82, 2.24) is 0 Å². The van der Waals surface area contributed by atoms with Crippen molar-refractivity contribution in [2.24, 2.45) is 10.9 Å². The SMILES string of the molecule is CC1C(=O)C=CC=NC1=O. The second-order valence-corrected chi connectivity index (χ2v) is 2.10. The average Bonchev–Trinajstić information content (AvgIpc) is 2.04. The molecule has 1 heterocycles. The Kier molecular flexibility index (Phi) is 1.76. The third kappa shape index (κ3) is 1.18. The first-order valence-corrected chi connectivity index (χ1v) is 3.00. The summed E-state index contributed by atoms with van der Waals surface area (Å²) >= 11 is 0. The summed E-state index contributed by atoms with van der Waals surface area (Å²) < 4.78 is 0. The van der Waals surface area contributed by atoms with Gasteiger partial charge in [-0.15, -0.1) is 0 Å². The zero-order chi connectivity index (χ0) is 7.56. The van der Waals surface area contributed by atoms with E-state index in [0.717, 1.165) is 0 Å². The molecule has 1 atom stereocenters. The summed E-state index contributed by atoms with van der Waals surface area (Å²) in [7, 11) is 0. The number of hydrogen-bond acceptors (Lipinski definition) is 2. The molecule has 0 saturated heterocycles. The van der Waals surface area contributed by atoms with Crippen molar-refractivity contribution in [3.8, 4) is 0 Å². The van der Waals surface area contributed by atoms with E-state index in [1.165, 1.54) is 18.4 Å². The lowest BCUT2D eigenvalue weighted by atomic mass is 10.1. The van der Waals surface area contributed by atoms with Crippen LogP contribution >= 0.6 is 0 Å². The topological polar surface area (TPSA) is 46.5 Å². The first-order valence-electron chi connectivity index (χ1n) is 3.00. The van der Waals surface area contributed by atoms with Crippen LogP contribution in [0.2, 0.25) is 0 Å². The van der Waals surface area contributed by atoms with Gasteiger partial charge in [0.25, 0.3) is 5.91 Å². The van der Waals surface area contributed by atoms with Crippen LogP contribution in [0.1, 0.15) is 6.92 Å². The number of ketones is 1. The van der Waals surface area contributed by atoms with E-state index in [1.54, 1.807) is 6.92 Å². The van der Waals surface area contributed by atoms with E-state index in [9.17, 15) is 9.59 Å². The fourth-order valence-corrected chi connectivity index (χ4v) is 0.632. The molecule has 1 aliphatic rings. The zero-order valence-corrected chi connectivity index (χ0v) is 5.57. The number of nitrogens with zero attached hydrogens (tertiary/aromatic N) is 1. The summed E-state index contributed by atoms with van der Waals surface area (Å²) in [5.41, 5.74) is 0. The largest absolute Gasteiger partial charge is 0.294 e. The number of allylic oxidation sites excluding steroid dienone is 2. The van der Waals surface area contributed by atoms with Crippen LogP contribution < -0.4 is 0 Å². The van der Waals surface area contributed by atoms with Crippen LogP contribution in [0.5, 0.6) is 0 Å². The van der Waals surface area contributed by atoms with Crippen LogP contribution in [0.25, 0.3) is 0 Å². The Bertz CT molecular complexity index is 204. The maximum absolute atomic E-state index is 10.8. The first kappa shape index (κ1) is 6.86. The standard InChI is InChI=1S/C7H7NO2/c1-5-6(9)3-2-4-8-7(5)10/h2-5H,1H3. The lowest BCUT2D eigenvalue weighted by molar-refractivity contribution is -0.128. The first-order chi connectivity index (χ1) is 4.72. The molecule has 0 spiro atoms. The number of rotatable bonds is 0. The molecule has 0 aliphatic carbocycles. The molecule has 0 fully saturated rings. The van der Waals surface area contributed by atoms with Crippen molar-refractivity contribution >= 4 is 17.9 Å². The van der Waals surface area contributed by atoms with Crippen molar-refractivity contribution in [3.63, 3.8) is 0 Å². The van der Waals surface area contributed by atoms with Gasteiger partial charge in [0.2, 0.25) is 0 Å². The van der Waals surface area contributed by atoms with Crippen LogP contribution in [-0.2, 0) is 9.59 Å². The molecule has 1 amide bonds. The number of carbonyl (C=O) groups excluding carboxylic acids is 2. The van der Waals surface area contributed by atoms with Gasteiger partial charge in [-0.05, 0) is 19.1 Å². The highest BCUT2D eigenvalue weighted by Crippen LogP contribution is 2.03. The van der Waals surface area contributed by atoms with Gasteiger partial charge >= 0.3 is 0 Å². The number of carbonyl (C=O) groups is 2. The predicted octanol–water partition coefficient (Wildman–Crippen LogP) is 0.359. The van der Waals surface area contributed by atoms with E-state index < -0.39 is 5.92 Å². The van der Waals surface area contributed by atoms with E-state index in [1.807, 2.05) is 0 Å². The normalized spacial score (nSPS) is 25.1. The summed E-state index contributed by atoms with van der Waals surface area (Å²) in [6, 6.07) is 0. The minimum Gasteiger partial charge on any atom is -0.294 e. The third-order valence-electron chi connectivity index (χ3n) is 1.35. The van der Waals surface area contributed by atoms with E-state index in [0.29, 0.717) is 0 Å². The van der Waals surface area contributed by atoms with Crippen LogP contribution in [0.15, 0.2) is 17.1 Å². The maximum atomic E-state index is 10.8. The Morgan fingerprint density at radius 2 is 2.20 bits per heavy atom. The Balaban J connectivity index is 2.90. The quantitative estimate of drug-likeness (QED) is 0.452. The second kappa shape index (κ2) is 2.56. The fraction of sp³-hybridized carbons (Fsp3) is 0.286. The highest BCUT2D eigenvalue weighted by atomic mass is 16.2. The monoisotopic (exact) mass is 137 g/mol. The molecule has 0 aromatic rings. The summed E-state index contributed by atoms with van der Waals surface area (Å²) in [6.45, 7) is 1.55. The smallest absolute Gasteiger partial charge is 0.256 e. The van der Waals surface area contributed by atoms with Crippen LogP contribution in [-0.4, -0.2) is 17.9 Å². The molecule has 52 valence electrons. The molecule has 10 heavy (non-hydrogen) atoms. The van der Waals surface area contributed by atoms with E-state index in [4.69, 9.17) is 0 Å². The Morgan fingerprint density at radius 3 is 2.90 bits per heavy atom. The van der Waals surface area contributed by atoms with Crippen LogP contribution in [0.3, 0.4) is 0 Å². The summed E-state index contributed by atoms with van der Waals surface area (Å²) in [4.78, 5) is 25.1. The van der Waals surface area contributed by atoms with Crippen molar-refractivity contribution < 1.29 is 9.59 Å². The summed E-state index contributed by atoms with van der Waals surface area (Å²) in [5, 5.41) is 0. The molecule has 0 aromatic carbocycles. The van der Waals surface area contributed by atoms with Crippen molar-refractivity contribution in [2.45, 2.75) is 6.92 Å². The Morgan fingerprint density at radius 1 is 1.50 bits per heavy atom. The van der Waals surface area contributed by atoms with E-state index in [2.05, 4.69) is 4.99 Å². The van der Waals surface area contributed by atoms with Crippen molar-refractivity contribution in [3.05, 3.63) is 12.2 Å². The van der Waals surface area contributed by atoms with Crippen LogP contribution in [0.4, 0.5) is 0 Å². The summed E-state index contributed by atoms with van der Waals surface area (Å²) in [5.74, 6) is -1.15. The van der Waals surface area contributed by atoms with Gasteiger partial charge in [0.15, 0.2) is 5.78 Å². The molecule has 0 saturated carbocycles. The Hall–Kier alpha value is -1.25. The van der Waals surface area contributed by atoms with Gasteiger partial charge < -0.3 is 0 Å². The molecule has 3 nitrogen and oxygen atoms in total. The van der Waals surface area contributed by atoms with E-state index >= 15 is 0 Å². The lowest BCUT2D eigenvalue weighted by Crippen LogP contribution is -2.15. The lowest BCUT2D eigenvalue weighted by Gasteiger charge is -1.97. The van der Waals surface area contributed by atoms with Gasteiger partial charge in [-0.2, -0.15) is 0 Å². The second-order valence-electron chi connectivity index (χ2n) is 2.10. The fourth-order valence-electron chi connectivity index (χ4n) is 0.632. The molecule has 0 aromatic heterocycles. The third-order valence-corrected chi connectivity index (χ3v) is 1.35. The molecule has 0 radical (unpaired) electrons. The van der Waals surface area contributed by atoms with Gasteiger partial charge in [-0.25, -0.2) is 4.99 Å². The predicted molar refractivity (Wildman–Crippen MR) is 36.8 cm³/mol. The van der Waals surface area contributed by atoms with E-state index in [-0.39, 0.29) is 11.7 Å². The molecular formula is C7H7NO2. The van der Waals surface area contributed by atoms with Crippen molar-refractivity contribution in [1.29, 1.82) is 0 Å². The highest BCUT2D eigenvalue weighted by molar-refractivity contribution is 6.11. The molecule has 3 heteroatoms. The number of hydrogen-bond donors (Lipinski definition) is 0. The van der Waals surface area contributed by atoms with Crippen LogP contribution in [0, 0.1) is 5.92 Å². The molecule has 1 rings (SSSR count). The average molecular weight is 137 g/mol. The molecule has 0 N–H and O–H groups in total. The molecule has 0 bridgehead atoms. The van der Waals surface area contributed by atoms with Gasteiger partial charge in [-0.1, -0.05) is 0 Å². The van der Waals surface area contributed by atoms with Gasteiger partial charge in [-0.3, -0.25) is 9.59 Å². The zero-order valence-electron chi connectivity index (χ0n) is 5.57. The van der Waals surface area contributed by atoms with Gasteiger partial charge in [0.05, 0.1) is 0 Å². The number of amides is 1. The highest BCUT2D eigenvalue weighted by Gasteiger charge is 2.18. The minimum atomic E-state index is -0.602. The Labute approximate surface area is 58.5 Å².